The van der Waals surface area contributed by atoms with Crippen LogP contribution in [-0.2, 0) is 25.4 Å². The lowest BCUT2D eigenvalue weighted by Crippen LogP contribution is -2.43. The van der Waals surface area contributed by atoms with Gasteiger partial charge in [0.25, 0.3) is 0 Å². The topological polar surface area (TPSA) is 94.3 Å². The zero-order valence-corrected chi connectivity index (χ0v) is 34.2. The summed E-state index contributed by atoms with van der Waals surface area (Å²) in [6.45, 7) is 14.3. The Balaban J connectivity index is 0.999. The lowest BCUT2D eigenvalue weighted by molar-refractivity contribution is -0.137. The third-order valence-electron chi connectivity index (χ3n) is 10.6. The fourth-order valence-electron chi connectivity index (χ4n) is 6.97. The Hall–Kier alpha value is -3.76. The molecule has 9 nitrogen and oxygen atoms in total. The molecule has 0 N–H and O–H groups in total. The van der Waals surface area contributed by atoms with Crippen molar-refractivity contribution in [3.63, 3.8) is 0 Å². The van der Waals surface area contributed by atoms with Crippen LogP contribution in [0.1, 0.15) is 97.0 Å². The third-order valence-corrected chi connectivity index (χ3v) is 10.6. The second-order valence-corrected chi connectivity index (χ2v) is 16.6. The molecule has 0 spiro atoms. The molecule has 0 radical (unpaired) electrons. The molecule has 0 saturated carbocycles. The summed E-state index contributed by atoms with van der Waals surface area (Å²) in [5.74, 6) is 2.38. The highest BCUT2D eigenvalue weighted by molar-refractivity contribution is 5.68. The molecule has 0 bridgehead atoms. The Bertz CT molecular complexity index is 1660. The first-order valence-electron chi connectivity index (χ1n) is 21.2. The van der Waals surface area contributed by atoms with E-state index in [1.807, 2.05) is 30.3 Å². The zero-order valence-electron chi connectivity index (χ0n) is 34.2. The highest BCUT2D eigenvalue weighted by Gasteiger charge is 2.34. The minimum Gasteiger partial charge on any atom is -0.493 e. The molecule has 2 aliphatic heterocycles. The van der Waals surface area contributed by atoms with E-state index in [1.54, 1.807) is 0 Å². The van der Waals surface area contributed by atoms with Gasteiger partial charge in [0.15, 0.2) is 0 Å². The Morgan fingerprint density at radius 2 is 0.982 bits per heavy atom. The van der Waals surface area contributed by atoms with Crippen LogP contribution < -0.4 is 9.47 Å². The molecular weight excluding hydrogens is 705 g/mol. The highest BCUT2D eigenvalue weighted by atomic mass is 16.5. The van der Waals surface area contributed by atoms with E-state index in [9.17, 15) is 0 Å². The van der Waals surface area contributed by atoms with Crippen LogP contribution in [0.3, 0.4) is 0 Å². The van der Waals surface area contributed by atoms with E-state index < -0.39 is 0 Å². The van der Waals surface area contributed by atoms with Crippen molar-refractivity contribution in [2.45, 2.75) is 97.8 Å². The Morgan fingerprint density at radius 3 is 1.46 bits per heavy atom. The normalized spacial score (nSPS) is 15.6. The molecule has 9 heteroatoms. The van der Waals surface area contributed by atoms with Crippen LogP contribution in [0.15, 0.2) is 71.1 Å². The summed E-state index contributed by atoms with van der Waals surface area (Å²) < 4.78 is 41.2. The van der Waals surface area contributed by atoms with E-state index in [-0.39, 0.29) is 10.8 Å². The summed E-state index contributed by atoms with van der Waals surface area (Å²) in [7, 11) is 0. The fourth-order valence-corrected chi connectivity index (χ4v) is 6.97. The minimum absolute atomic E-state index is 0.208. The van der Waals surface area contributed by atoms with E-state index >= 15 is 0 Å². The maximum absolute atomic E-state index is 6.26. The molecule has 3 heterocycles. The number of ether oxygens (including phenoxy) is 6. The van der Waals surface area contributed by atoms with Crippen molar-refractivity contribution in [2.75, 3.05) is 66.1 Å². The molecule has 1 aromatic heterocycles. The first-order chi connectivity index (χ1) is 27.4. The number of hydrogen-bond acceptors (Lipinski definition) is 9. The second-order valence-electron chi connectivity index (χ2n) is 16.6. The Morgan fingerprint density at radius 1 is 0.518 bits per heavy atom. The van der Waals surface area contributed by atoms with Crippen molar-refractivity contribution in [2.24, 2.45) is 10.8 Å². The van der Waals surface area contributed by atoms with Gasteiger partial charge in [-0.2, -0.15) is 0 Å². The number of aromatic nitrogens is 2. The van der Waals surface area contributed by atoms with Crippen LogP contribution in [0.4, 0.5) is 0 Å². The predicted molar refractivity (Wildman–Crippen MR) is 221 cm³/mol. The smallest absolute Gasteiger partial charge is 0.248 e. The SMILES string of the molecule is CCCCCc1ccc(-c2ccc(-c3nnc(-c4cc(OCCCCCCOCC5(C)COC5)cc(OCCCCCCOCC5(C)COC5)c4)o3)cc2)cc1. The van der Waals surface area contributed by atoms with Gasteiger partial charge in [0.1, 0.15) is 11.5 Å². The van der Waals surface area contributed by atoms with Crippen molar-refractivity contribution in [1.82, 2.24) is 10.2 Å². The zero-order chi connectivity index (χ0) is 38.9. The van der Waals surface area contributed by atoms with E-state index in [1.165, 1.54) is 30.4 Å². The molecule has 4 aromatic rings. The van der Waals surface area contributed by atoms with Gasteiger partial charge in [-0.15, -0.1) is 10.2 Å². The molecular formula is C47H64N2O7. The number of nitrogens with zero attached hydrogens (tertiary/aromatic N) is 2. The average Bonchev–Trinajstić information content (AvgIpc) is 3.69. The molecule has 0 unspecified atom stereocenters. The van der Waals surface area contributed by atoms with E-state index in [4.69, 9.17) is 32.8 Å². The molecule has 6 rings (SSSR count). The first-order valence-corrected chi connectivity index (χ1v) is 21.2. The summed E-state index contributed by atoms with van der Waals surface area (Å²) in [5, 5.41) is 8.86. The molecule has 2 fully saturated rings. The Kier molecular flexibility index (Phi) is 16.2. The molecule has 2 saturated heterocycles. The van der Waals surface area contributed by atoms with Crippen LogP contribution in [-0.4, -0.2) is 76.3 Å². The molecule has 0 amide bonds. The molecule has 56 heavy (non-hydrogen) atoms. The standard InChI is InChI=1S/C47H64N2O7/c1-4-5-10-15-37-16-18-38(19-17-37)39-20-22-40(23-21-39)44-48-49-45(56-44)41-28-42(54-26-13-8-6-11-24-50-31-46(2)33-52-34-46)30-43(29-41)55-27-14-9-7-12-25-51-32-47(3)35-53-36-47/h16-23,28-30H,4-15,24-27,31-36H2,1-3H3. The van der Waals surface area contributed by atoms with Crippen LogP contribution in [0.25, 0.3) is 34.0 Å². The maximum Gasteiger partial charge on any atom is 0.248 e. The number of rotatable bonds is 27. The minimum atomic E-state index is 0.208. The molecule has 304 valence electrons. The van der Waals surface area contributed by atoms with Crippen molar-refractivity contribution < 1.29 is 32.8 Å². The summed E-state index contributed by atoms with van der Waals surface area (Å²) in [4.78, 5) is 0. The van der Waals surface area contributed by atoms with Gasteiger partial charge < -0.3 is 32.8 Å². The van der Waals surface area contributed by atoms with Crippen LogP contribution in [0, 0.1) is 10.8 Å². The molecule has 0 atom stereocenters. The average molecular weight is 769 g/mol. The van der Waals surface area contributed by atoms with Crippen molar-refractivity contribution in [1.29, 1.82) is 0 Å². The van der Waals surface area contributed by atoms with Gasteiger partial charge in [-0.1, -0.05) is 82.9 Å². The molecule has 2 aliphatic rings. The van der Waals surface area contributed by atoms with Gasteiger partial charge in [-0.3, -0.25) is 0 Å². The largest absolute Gasteiger partial charge is 0.493 e. The predicted octanol–water partition coefficient (Wildman–Crippen LogP) is 10.8. The number of unbranched alkanes of at least 4 members (excludes halogenated alkanes) is 8. The van der Waals surface area contributed by atoms with Crippen molar-refractivity contribution in [3.05, 3.63) is 72.3 Å². The van der Waals surface area contributed by atoms with Crippen LogP contribution in [0.5, 0.6) is 11.5 Å². The lowest BCUT2D eigenvalue weighted by Gasteiger charge is -2.37. The first kappa shape index (κ1) is 41.9. The van der Waals surface area contributed by atoms with Gasteiger partial charge in [0, 0.05) is 41.2 Å². The maximum atomic E-state index is 6.26. The molecule has 0 aliphatic carbocycles. The van der Waals surface area contributed by atoms with E-state index in [0.29, 0.717) is 25.0 Å². The molecule has 3 aromatic carbocycles. The summed E-state index contributed by atoms with van der Waals surface area (Å²) in [5.41, 5.74) is 5.81. The van der Waals surface area contributed by atoms with Crippen LogP contribution in [0.2, 0.25) is 0 Å². The Labute approximate surface area is 334 Å². The fraction of sp³-hybridized carbons (Fsp3) is 0.574. The lowest BCUT2D eigenvalue weighted by atomic mass is 9.90. The van der Waals surface area contributed by atoms with E-state index in [0.717, 1.165) is 139 Å². The quantitative estimate of drug-likeness (QED) is 0.0550. The van der Waals surface area contributed by atoms with Crippen LogP contribution >= 0.6 is 0 Å². The van der Waals surface area contributed by atoms with Crippen molar-refractivity contribution in [3.8, 4) is 45.5 Å². The number of benzene rings is 3. The highest BCUT2D eigenvalue weighted by Crippen LogP contribution is 2.33. The van der Waals surface area contributed by atoms with Gasteiger partial charge in [0.2, 0.25) is 11.8 Å². The monoisotopic (exact) mass is 768 g/mol. The van der Waals surface area contributed by atoms with Crippen molar-refractivity contribution >= 4 is 0 Å². The van der Waals surface area contributed by atoms with Gasteiger partial charge in [-0.05, 0) is 92.3 Å². The van der Waals surface area contributed by atoms with Gasteiger partial charge in [-0.25, -0.2) is 0 Å². The summed E-state index contributed by atoms with van der Waals surface area (Å²) >= 11 is 0. The van der Waals surface area contributed by atoms with Gasteiger partial charge >= 0.3 is 0 Å². The van der Waals surface area contributed by atoms with E-state index in [2.05, 4.69) is 67.4 Å². The van der Waals surface area contributed by atoms with Gasteiger partial charge in [0.05, 0.1) is 52.9 Å². The summed E-state index contributed by atoms with van der Waals surface area (Å²) in [6, 6.07) is 23.1. The number of hydrogen-bond donors (Lipinski definition) is 0. The summed E-state index contributed by atoms with van der Waals surface area (Å²) in [6.07, 6.45) is 13.3. The third kappa shape index (κ3) is 13.2. The second kappa shape index (κ2) is 21.7. The number of aryl methyl sites for hydroxylation is 1.